The lowest BCUT2D eigenvalue weighted by Crippen LogP contribution is -2.22. The maximum atomic E-state index is 13.0. The first-order valence-corrected chi connectivity index (χ1v) is 8.58. The Kier molecular flexibility index (Phi) is 4.98. The molecule has 0 aliphatic rings. The number of aromatic nitrogens is 2. The maximum Gasteiger partial charge on any atom is 0.435 e. The van der Waals surface area contributed by atoms with Gasteiger partial charge >= 0.3 is 6.18 Å². The van der Waals surface area contributed by atoms with Gasteiger partial charge in [0.05, 0.1) is 5.02 Å². The maximum absolute atomic E-state index is 13.0. The zero-order valence-corrected chi connectivity index (χ0v) is 14.6. The molecule has 0 spiro atoms. The lowest BCUT2D eigenvalue weighted by molar-refractivity contribution is -0.141. The molecule has 0 fully saturated rings. The van der Waals surface area contributed by atoms with Gasteiger partial charge in [-0.05, 0) is 24.6 Å². The molecule has 1 N–H and O–H groups in total. The van der Waals surface area contributed by atoms with Crippen LogP contribution in [0.4, 0.5) is 13.2 Å². The molecule has 0 aliphatic carbocycles. The number of nitrogens with zero attached hydrogens (tertiary/aromatic N) is 2. The van der Waals surface area contributed by atoms with Crippen LogP contribution in [-0.2, 0) is 22.6 Å². The summed E-state index contributed by atoms with van der Waals surface area (Å²) < 4.78 is 64.1. The number of alkyl halides is 3. The quantitative estimate of drug-likeness (QED) is 0.884. The van der Waals surface area contributed by atoms with E-state index in [2.05, 4.69) is 10.2 Å². The standard InChI is InChI=1S/C14H15ClF3N3O2S/c1-8-10(13(20-19-8)14(16,17)18)6-9-4-5-12(11(15)7-9)24(22,23)21(2)3/h4-5,7H,6H2,1-3H3,(H,19,20). The van der Waals surface area contributed by atoms with Crippen molar-refractivity contribution in [2.24, 2.45) is 0 Å². The lowest BCUT2D eigenvalue weighted by atomic mass is 10.0. The number of rotatable bonds is 4. The normalized spacial score (nSPS) is 12.8. The number of aryl methyl sites for hydroxylation is 1. The average molecular weight is 382 g/mol. The molecule has 5 nitrogen and oxygen atoms in total. The Balaban J connectivity index is 2.41. The van der Waals surface area contributed by atoms with Crippen molar-refractivity contribution < 1.29 is 21.6 Å². The van der Waals surface area contributed by atoms with Crippen LogP contribution in [0.5, 0.6) is 0 Å². The largest absolute Gasteiger partial charge is 0.435 e. The molecular formula is C14H15ClF3N3O2S. The fraction of sp³-hybridized carbons (Fsp3) is 0.357. The van der Waals surface area contributed by atoms with E-state index in [-0.39, 0.29) is 21.9 Å². The Labute approximate surface area is 142 Å². The molecule has 10 heteroatoms. The van der Waals surface area contributed by atoms with Crippen LogP contribution in [0.1, 0.15) is 22.5 Å². The molecule has 0 aliphatic heterocycles. The van der Waals surface area contributed by atoms with Crippen molar-refractivity contribution in [3.05, 3.63) is 45.7 Å². The van der Waals surface area contributed by atoms with Gasteiger partial charge < -0.3 is 0 Å². The molecule has 24 heavy (non-hydrogen) atoms. The summed E-state index contributed by atoms with van der Waals surface area (Å²) in [5.74, 6) is 0. The van der Waals surface area contributed by atoms with Gasteiger partial charge in [0.15, 0.2) is 5.69 Å². The van der Waals surface area contributed by atoms with Crippen molar-refractivity contribution in [1.82, 2.24) is 14.5 Å². The zero-order chi connectivity index (χ0) is 18.3. The third kappa shape index (κ3) is 3.57. The van der Waals surface area contributed by atoms with E-state index in [9.17, 15) is 21.6 Å². The molecule has 2 aromatic rings. The first-order chi connectivity index (χ1) is 10.9. The minimum absolute atomic E-state index is 0.00165. The Morgan fingerprint density at radius 3 is 2.42 bits per heavy atom. The fourth-order valence-electron chi connectivity index (χ4n) is 2.17. The lowest BCUT2D eigenvalue weighted by Gasteiger charge is -2.14. The van der Waals surface area contributed by atoms with Crippen LogP contribution in [0.15, 0.2) is 23.1 Å². The van der Waals surface area contributed by atoms with E-state index in [4.69, 9.17) is 11.6 Å². The third-order valence-corrected chi connectivity index (χ3v) is 5.78. The monoisotopic (exact) mass is 381 g/mol. The van der Waals surface area contributed by atoms with Crippen molar-refractivity contribution >= 4 is 21.6 Å². The Hall–Kier alpha value is -1.58. The highest BCUT2D eigenvalue weighted by molar-refractivity contribution is 7.89. The molecule has 0 atom stereocenters. The molecule has 0 bridgehead atoms. The molecular weight excluding hydrogens is 367 g/mol. The van der Waals surface area contributed by atoms with Gasteiger partial charge in [-0.3, -0.25) is 5.10 Å². The van der Waals surface area contributed by atoms with Crippen molar-refractivity contribution in [3.63, 3.8) is 0 Å². The molecule has 0 saturated heterocycles. The number of hydrogen-bond donors (Lipinski definition) is 1. The Morgan fingerprint density at radius 1 is 1.29 bits per heavy atom. The average Bonchev–Trinajstić information content (AvgIpc) is 2.79. The van der Waals surface area contributed by atoms with Crippen LogP contribution in [0.2, 0.25) is 5.02 Å². The summed E-state index contributed by atoms with van der Waals surface area (Å²) in [4.78, 5) is -0.0992. The summed E-state index contributed by atoms with van der Waals surface area (Å²) in [6.45, 7) is 1.49. The predicted molar refractivity (Wildman–Crippen MR) is 83.5 cm³/mol. The second-order valence-corrected chi connectivity index (χ2v) is 7.93. The highest BCUT2D eigenvalue weighted by Crippen LogP contribution is 2.33. The number of aromatic amines is 1. The van der Waals surface area contributed by atoms with Crippen LogP contribution in [0.25, 0.3) is 0 Å². The van der Waals surface area contributed by atoms with Crippen molar-refractivity contribution in [3.8, 4) is 0 Å². The van der Waals surface area contributed by atoms with E-state index in [1.54, 1.807) is 0 Å². The summed E-state index contributed by atoms with van der Waals surface area (Å²) >= 11 is 6.02. The number of hydrogen-bond acceptors (Lipinski definition) is 3. The van der Waals surface area contributed by atoms with Crippen LogP contribution in [-0.4, -0.2) is 37.0 Å². The second-order valence-electron chi connectivity index (χ2n) is 5.40. The van der Waals surface area contributed by atoms with Crippen molar-refractivity contribution in [2.75, 3.05) is 14.1 Å². The molecule has 0 amide bonds. The van der Waals surface area contributed by atoms with E-state index < -0.39 is 21.9 Å². The van der Waals surface area contributed by atoms with Gasteiger partial charge in [0, 0.05) is 31.8 Å². The predicted octanol–water partition coefficient (Wildman–Crippen LogP) is 3.23. The zero-order valence-electron chi connectivity index (χ0n) is 13.1. The third-order valence-electron chi connectivity index (χ3n) is 3.48. The van der Waals surface area contributed by atoms with E-state index in [0.29, 0.717) is 11.3 Å². The van der Waals surface area contributed by atoms with E-state index >= 15 is 0 Å². The van der Waals surface area contributed by atoms with E-state index in [0.717, 1.165) is 4.31 Å². The van der Waals surface area contributed by atoms with Gasteiger partial charge in [-0.25, -0.2) is 12.7 Å². The Morgan fingerprint density at radius 2 is 1.92 bits per heavy atom. The smallest absolute Gasteiger partial charge is 0.282 e. The topological polar surface area (TPSA) is 66.1 Å². The van der Waals surface area contributed by atoms with Crippen LogP contribution < -0.4 is 0 Å². The number of sulfonamides is 1. The number of H-pyrrole nitrogens is 1. The first-order valence-electron chi connectivity index (χ1n) is 6.76. The first kappa shape index (κ1) is 18.8. The van der Waals surface area contributed by atoms with Crippen LogP contribution >= 0.6 is 11.6 Å². The molecule has 0 radical (unpaired) electrons. The molecule has 2 rings (SSSR count). The van der Waals surface area contributed by atoms with Crippen molar-refractivity contribution in [2.45, 2.75) is 24.4 Å². The molecule has 0 saturated carbocycles. The molecule has 0 unspecified atom stereocenters. The van der Waals surface area contributed by atoms with E-state index in [1.807, 2.05) is 0 Å². The highest BCUT2D eigenvalue weighted by atomic mass is 35.5. The Bertz CT molecular complexity index is 861. The van der Waals surface area contributed by atoms with Crippen molar-refractivity contribution in [1.29, 1.82) is 0 Å². The van der Waals surface area contributed by atoms with E-state index in [1.165, 1.54) is 39.2 Å². The molecule has 1 aromatic heterocycles. The minimum Gasteiger partial charge on any atom is -0.282 e. The summed E-state index contributed by atoms with van der Waals surface area (Å²) in [5, 5.41) is 5.58. The molecule has 1 aromatic carbocycles. The van der Waals surface area contributed by atoms with Gasteiger partial charge in [-0.2, -0.15) is 18.3 Å². The summed E-state index contributed by atoms with van der Waals surface area (Å²) in [7, 11) is -0.993. The SMILES string of the molecule is Cc1[nH]nc(C(F)(F)F)c1Cc1ccc(S(=O)(=O)N(C)C)c(Cl)c1. The summed E-state index contributed by atoms with van der Waals surface area (Å²) in [6, 6.07) is 4.08. The van der Waals surface area contributed by atoms with Crippen LogP contribution in [0, 0.1) is 6.92 Å². The van der Waals surface area contributed by atoms with Crippen LogP contribution in [0.3, 0.4) is 0 Å². The summed E-state index contributed by atoms with van der Waals surface area (Å²) in [5.41, 5.74) is -0.237. The second kappa shape index (κ2) is 6.38. The number of nitrogens with one attached hydrogen (secondary N) is 1. The molecule has 1 heterocycles. The minimum atomic E-state index is -4.57. The number of benzene rings is 1. The van der Waals surface area contributed by atoms with Gasteiger partial charge in [0.1, 0.15) is 4.90 Å². The van der Waals surface area contributed by atoms with Gasteiger partial charge in [0.25, 0.3) is 0 Å². The fourth-order valence-corrected chi connectivity index (χ4v) is 3.60. The highest BCUT2D eigenvalue weighted by Gasteiger charge is 2.37. The van der Waals surface area contributed by atoms with Gasteiger partial charge in [-0.15, -0.1) is 0 Å². The summed E-state index contributed by atoms with van der Waals surface area (Å²) in [6.07, 6.45) is -4.64. The van der Waals surface area contributed by atoms with Gasteiger partial charge in [-0.1, -0.05) is 17.7 Å². The molecule has 132 valence electrons. The van der Waals surface area contributed by atoms with Gasteiger partial charge in [0.2, 0.25) is 10.0 Å². The number of halogens is 4.